The summed E-state index contributed by atoms with van der Waals surface area (Å²) in [6.45, 7) is 14.3. The van der Waals surface area contributed by atoms with Gasteiger partial charge < -0.3 is 64.5 Å². The smallest absolute Gasteiger partial charge is 0.488 e. The minimum atomic E-state index is -3.28. The van der Waals surface area contributed by atoms with Gasteiger partial charge in [-0.15, -0.1) is 0 Å². The van der Waals surface area contributed by atoms with Gasteiger partial charge in [0.2, 0.25) is 0 Å². The lowest BCUT2D eigenvalue weighted by molar-refractivity contribution is 0.234. The van der Waals surface area contributed by atoms with Gasteiger partial charge in [0, 0.05) is 98.4 Å². The van der Waals surface area contributed by atoms with Crippen LogP contribution in [0.3, 0.4) is 0 Å². The number of ether oxygens (including phenoxy) is 4. The molecule has 8 heterocycles. The van der Waals surface area contributed by atoms with Gasteiger partial charge in [0.1, 0.15) is 45.6 Å². The third kappa shape index (κ3) is 20.4. The zero-order valence-electron chi connectivity index (χ0n) is 72.6. The van der Waals surface area contributed by atoms with Crippen molar-refractivity contribution in [3.8, 4) is 56.4 Å². The zero-order chi connectivity index (χ0) is 91.3. The van der Waals surface area contributed by atoms with Crippen LogP contribution < -0.4 is 29.7 Å². The highest BCUT2D eigenvalue weighted by atomic mass is 127. The molecular formula is C98H102BClIN9O16S4. The molecule has 0 spiro atoms. The topological polar surface area (TPSA) is 381 Å². The SMILES string of the molecule is CCNCCCOc1ccc(-c2cccc(S(=O)(=O)C3CC3)c2)c2c1[nH]c1ncc(C)cc12.Cc1cnc2[nH]c3c(OCCCI)ccc(-c4cccc(S(=O)(=O)C5CC5)c4)c3c2c1.Cc1cnc2[nH]c3c(OCCCO)ccc(-c4cccc(S(=O)(=O)C5CC5)c4)c3c2c1.Cc1cnc2[nH]c3c(OCCCO)ccc(Cl)c3c2c1.O=S(=O)(c1cccc(B(O)O)c1)C1CC1. The van der Waals surface area contributed by atoms with E-state index in [0.29, 0.717) is 77.6 Å². The minimum absolute atomic E-state index is 0.0664. The summed E-state index contributed by atoms with van der Waals surface area (Å²) in [5.41, 5.74) is 16.5. The van der Waals surface area contributed by atoms with E-state index in [9.17, 15) is 33.7 Å². The lowest BCUT2D eigenvalue weighted by Gasteiger charge is -2.12. The Morgan fingerprint density at radius 1 is 0.400 bits per heavy atom. The van der Waals surface area contributed by atoms with E-state index in [1.54, 1.807) is 42.5 Å². The number of aryl methyl sites for hydroxylation is 4. The van der Waals surface area contributed by atoms with Crippen LogP contribution >= 0.6 is 34.2 Å². The number of sulfone groups is 4. The van der Waals surface area contributed by atoms with Crippen LogP contribution in [0, 0.1) is 27.7 Å². The Bertz CT molecular complexity index is 7190. The van der Waals surface area contributed by atoms with Crippen LogP contribution in [0.2, 0.25) is 5.02 Å². The molecule has 25 nitrogen and oxygen atoms in total. The summed E-state index contributed by atoms with van der Waals surface area (Å²) in [4.78, 5) is 32.9. The molecule has 0 bridgehead atoms. The highest BCUT2D eigenvalue weighted by Gasteiger charge is 2.40. The second kappa shape index (κ2) is 39.9. The molecule has 32 heteroatoms. The Hall–Kier alpha value is -10.6. The molecule has 8 aromatic heterocycles. The maximum Gasteiger partial charge on any atom is 0.488 e. The minimum Gasteiger partial charge on any atom is -0.491 e. The third-order valence-corrected chi connectivity index (χ3v) is 33.3. The molecule has 0 saturated heterocycles. The Balaban J connectivity index is 0.000000122. The molecule has 20 rings (SSSR count). The number of aliphatic hydroxyl groups excluding tert-OH is 2. The molecule has 4 aliphatic carbocycles. The van der Waals surface area contributed by atoms with Crippen molar-refractivity contribution >= 4 is 174 Å². The van der Waals surface area contributed by atoms with Crippen LogP contribution in [0.1, 0.15) is 106 Å². The fourth-order valence-corrected chi connectivity index (χ4v) is 23.3. The van der Waals surface area contributed by atoms with Crippen molar-refractivity contribution in [1.29, 1.82) is 0 Å². The number of H-pyrrole nitrogens is 4. The Labute approximate surface area is 773 Å². The Morgan fingerprint density at radius 2 is 0.700 bits per heavy atom. The number of nitrogens with zero attached hydrogens (tertiary/aromatic N) is 4. The van der Waals surface area contributed by atoms with E-state index in [4.69, 9.17) is 50.8 Å². The number of hydrogen-bond acceptors (Lipinski definition) is 21. The summed E-state index contributed by atoms with van der Waals surface area (Å²) in [6, 6.07) is 51.5. The van der Waals surface area contributed by atoms with Gasteiger partial charge in [0.05, 0.1) is 94.1 Å². The number of halogens is 2. The lowest BCUT2D eigenvalue weighted by atomic mass is 9.80. The summed E-state index contributed by atoms with van der Waals surface area (Å²) in [6.07, 6.45) is 16.3. The van der Waals surface area contributed by atoms with Gasteiger partial charge >= 0.3 is 7.12 Å². The maximum atomic E-state index is 12.9. The number of fused-ring (bicyclic) bond motifs is 12. The lowest BCUT2D eigenvalue weighted by Crippen LogP contribution is -2.30. The molecule has 0 aliphatic heterocycles. The van der Waals surface area contributed by atoms with Crippen molar-refractivity contribution in [1.82, 2.24) is 45.2 Å². The third-order valence-electron chi connectivity index (χ3n) is 23.2. The number of nitrogens with one attached hydrogen (secondary N) is 5. The first-order valence-electron chi connectivity index (χ1n) is 43.7. The van der Waals surface area contributed by atoms with E-state index >= 15 is 0 Å². The molecule has 0 atom stereocenters. The first-order valence-corrected chi connectivity index (χ1v) is 51.8. The number of pyridine rings is 4. The molecule has 8 aromatic carbocycles. The molecule has 16 aromatic rings. The van der Waals surface area contributed by atoms with Crippen molar-refractivity contribution < 1.29 is 72.9 Å². The van der Waals surface area contributed by atoms with Crippen molar-refractivity contribution in [2.75, 3.05) is 57.2 Å². The fraction of sp³-hybridized carbons (Fsp3) is 0.306. The van der Waals surface area contributed by atoms with Crippen molar-refractivity contribution in [3.63, 3.8) is 0 Å². The number of aliphatic hydroxyl groups is 2. The molecule has 0 amide bonds. The first kappa shape index (κ1) is 92.7. The van der Waals surface area contributed by atoms with Crippen LogP contribution in [0.15, 0.2) is 214 Å². The monoisotopic (exact) mass is 1960 g/mol. The van der Waals surface area contributed by atoms with E-state index < -0.39 is 46.5 Å². The molecule has 4 aliphatic rings. The van der Waals surface area contributed by atoms with E-state index in [2.05, 4.69) is 99.0 Å². The molecular weight excluding hydrogens is 1860 g/mol. The van der Waals surface area contributed by atoms with Gasteiger partial charge in [0.25, 0.3) is 0 Å². The van der Waals surface area contributed by atoms with Crippen LogP contribution in [-0.4, -0.2) is 179 Å². The van der Waals surface area contributed by atoms with E-state index in [1.165, 1.54) is 24.3 Å². The van der Waals surface area contributed by atoms with Gasteiger partial charge in [-0.3, -0.25) is 0 Å². The summed E-state index contributed by atoms with van der Waals surface area (Å²) in [5.74, 6) is 2.99. The quantitative estimate of drug-likeness (QED) is 0.00874. The zero-order valence-corrected chi connectivity index (χ0v) is 78.8. The van der Waals surface area contributed by atoms with Crippen LogP contribution in [0.5, 0.6) is 23.0 Å². The second-order valence-corrected chi connectivity index (χ2v) is 43.7. The average Bonchev–Trinajstić information content (AvgIpc) is 1.60. The van der Waals surface area contributed by atoms with Gasteiger partial charge in [-0.05, 0) is 287 Å². The molecule has 130 heavy (non-hydrogen) atoms. The number of rotatable bonds is 30. The normalized spacial score (nSPS) is 14.1. The maximum absolute atomic E-state index is 12.9. The number of aromatic nitrogens is 8. The largest absolute Gasteiger partial charge is 0.491 e. The predicted molar refractivity (Wildman–Crippen MR) is 524 cm³/mol. The van der Waals surface area contributed by atoms with Gasteiger partial charge in [-0.25, -0.2) is 53.6 Å². The van der Waals surface area contributed by atoms with Crippen molar-refractivity contribution in [3.05, 3.63) is 222 Å². The van der Waals surface area contributed by atoms with Crippen molar-refractivity contribution in [2.45, 2.75) is 152 Å². The number of aromatic amines is 4. The number of alkyl halides is 1. The van der Waals surface area contributed by atoms with Gasteiger partial charge in [0.15, 0.2) is 39.3 Å². The highest BCUT2D eigenvalue weighted by molar-refractivity contribution is 14.1. The highest BCUT2D eigenvalue weighted by Crippen LogP contribution is 2.47. The Kier molecular flexibility index (Phi) is 28.4. The summed E-state index contributed by atoms with van der Waals surface area (Å²) in [7, 11) is -14.7. The van der Waals surface area contributed by atoms with E-state index in [-0.39, 0.29) is 44.6 Å². The standard InChI is InChI=1S/C26H29N3O3S.C24H23IN2O3S.C24H24N2O4S.C15H15ClN2O2.C9H11BO4S/c1-3-27-12-5-13-32-23-11-10-21(24-22-14-17(2)16-28-26(22)29-25(23)24)18-6-4-7-20(15-18)33(30,31)19-8-9-19;1-15-12-20-22-19(16-4-2-5-18(13-16)31(28,29)17-6-7-17)8-9-21(30-11-3-10-25)23(22)27-24(20)26-14-15;1-15-12-20-22-19(16-4-2-5-18(13-16)31(28,29)17-6-7-17)8-9-21(30-11-3-10-27)23(22)26-24(20)25-14-15;1-9-7-10-13-11(16)3-4-12(20-6-2-5-19)14(13)18-15(10)17-8-9;11-10(12)7-2-1-3-9(6-7)15(13,14)8-4-5-8/h4,6-7,10-11,14-16,19,27H,3,5,8-9,12-13H2,1-2H3,(H,28,29);2,4-5,8-9,12-14,17H,3,6-7,10-11H2,1H3,(H,26,27);2,4-5,8-9,12-14,17,27H,3,6-7,10-11H2,1H3,(H,25,26);3-4,7-8,19H,2,5-6H2,1H3,(H,17,18);1-3,6,8,11-12H,4-5H2. The van der Waals surface area contributed by atoms with E-state index in [0.717, 1.165) is 230 Å². The summed E-state index contributed by atoms with van der Waals surface area (Å²) < 4.78 is 125. The average molecular weight is 1960 g/mol. The van der Waals surface area contributed by atoms with Gasteiger partial charge in [-0.1, -0.05) is 89.6 Å². The molecule has 0 radical (unpaired) electrons. The Morgan fingerprint density at radius 3 is 1.02 bits per heavy atom. The molecule has 4 fully saturated rings. The molecule has 676 valence electrons. The molecule has 0 unspecified atom stereocenters. The van der Waals surface area contributed by atoms with Gasteiger partial charge in [-0.2, -0.15) is 0 Å². The van der Waals surface area contributed by atoms with Crippen LogP contribution in [0.25, 0.3) is 121 Å². The van der Waals surface area contributed by atoms with E-state index in [1.807, 2.05) is 131 Å². The fourth-order valence-electron chi connectivity index (χ4n) is 16.0. The molecule has 9 N–H and O–H groups in total. The van der Waals surface area contributed by atoms with Crippen LogP contribution in [-0.2, 0) is 39.3 Å². The summed E-state index contributed by atoms with van der Waals surface area (Å²) >= 11 is 8.67. The van der Waals surface area contributed by atoms with Crippen LogP contribution in [0.4, 0.5) is 0 Å². The molecule has 4 saturated carbocycles. The van der Waals surface area contributed by atoms with Crippen molar-refractivity contribution in [2.24, 2.45) is 0 Å². The first-order chi connectivity index (χ1) is 62.7. The number of hydrogen-bond donors (Lipinski definition) is 9. The summed E-state index contributed by atoms with van der Waals surface area (Å²) in [5, 5.41) is 46.7. The number of benzene rings is 8. The second-order valence-electron chi connectivity index (χ2n) is 33.3. The predicted octanol–water partition coefficient (Wildman–Crippen LogP) is 18.0.